The number of urea groups is 1. The number of aliphatic hydroxyl groups is 1. The number of hydrogen-bond donors (Lipinski definition) is 3. The molecular formula is C16H24N2O2. The van der Waals surface area contributed by atoms with Crippen LogP contribution in [0.2, 0.25) is 0 Å². The molecule has 1 aromatic carbocycles. The van der Waals surface area contributed by atoms with Gasteiger partial charge in [-0.05, 0) is 44.1 Å². The number of carbonyl (C=O) groups excluding carboxylic acids is 1. The maximum Gasteiger partial charge on any atom is 0.315 e. The van der Waals surface area contributed by atoms with E-state index in [-0.39, 0.29) is 12.1 Å². The summed E-state index contributed by atoms with van der Waals surface area (Å²) in [5.74, 6) is 0.652. The van der Waals surface area contributed by atoms with Crippen LogP contribution in [0.1, 0.15) is 31.7 Å². The predicted octanol–water partition coefficient (Wildman–Crippen LogP) is 2.08. The van der Waals surface area contributed by atoms with Gasteiger partial charge in [0.05, 0.1) is 6.10 Å². The molecule has 0 bridgehead atoms. The van der Waals surface area contributed by atoms with E-state index in [1.165, 1.54) is 5.56 Å². The molecule has 2 rings (SSSR count). The zero-order chi connectivity index (χ0) is 14.4. The van der Waals surface area contributed by atoms with Gasteiger partial charge >= 0.3 is 6.03 Å². The summed E-state index contributed by atoms with van der Waals surface area (Å²) in [5, 5.41) is 14.8. The number of nitrogens with one attached hydrogen (secondary N) is 2. The van der Waals surface area contributed by atoms with E-state index in [0.717, 1.165) is 25.7 Å². The number of amides is 2. The third-order valence-electron chi connectivity index (χ3n) is 3.80. The Morgan fingerprint density at radius 1 is 1.35 bits per heavy atom. The zero-order valence-electron chi connectivity index (χ0n) is 12.0. The fraction of sp³-hybridized carbons (Fsp3) is 0.562. The second-order valence-corrected chi connectivity index (χ2v) is 5.77. The topological polar surface area (TPSA) is 61.4 Å². The number of carbonyl (C=O) groups is 1. The van der Waals surface area contributed by atoms with E-state index in [1.807, 2.05) is 6.07 Å². The Balaban J connectivity index is 1.71. The quantitative estimate of drug-likeness (QED) is 0.771. The lowest BCUT2D eigenvalue weighted by Gasteiger charge is -2.15. The number of rotatable bonds is 5. The summed E-state index contributed by atoms with van der Waals surface area (Å²) >= 11 is 0. The molecule has 110 valence electrons. The summed E-state index contributed by atoms with van der Waals surface area (Å²) in [6, 6.07) is 10.6. The Morgan fingerprint density at radius 2 is 2.10 bits per heavy atom. The number of benzene rings is 1. The summed E-state index contributed by atoms with van der Waals surface area (Å²) in [4.78, 5) is 11.6. The van der Waals surface area contributed by atoms with Crippen LogP contribution in [0.15, 0.2) is 30.3 Å². The molecule has 0 aromatic heterocycles. The third kappa shape index (κ3) is 4.85. The van der Waals surface area contributed by atoms with Crippen molar-refractivity contribution >= 4 is 6.03 Å². The van der Waals surface area contributed by atoms with Gasteiger partial charge in [0, 0.05) is 12.6 Å². The molecule has 0 saturated heterocycles. The smallest absolute Gasteiger partial charge is 0.315 e. The average Bonchev–Trinajstić information content (AvgIpc) is 2.85. The molecule has 0 aliphatic heterocycles. The molecule has 1 aromatic rings. The SMILES string of the molecule is C[C@@H](O)CNC(=O)N[C@@H]1CC[C@@H](Cc2ccccc2)C1. The van der Waals surface area contributed by atoms with Gasteiger partial charge < -0.3 is 15.7 Å². The van der Waals surface area contributed by atoms with Gasteiger partial charge in [-0.25, -0.2) is 4.79 Å². The van der Waals surface area contributed by atoms with Crippen molar-refractivity contribution in [1.82, 2.24) is 10.6 Å². The van der Waals surface area contributed by atoms with E-state index in [9.17, 15) is 4.79 Å². The lowest BCUT2D eigenvalue weighted by molar-refractivity contribution is 0.186. The van der Waals surface area contributed by atoms with Crippen molar-refractivity contribution in [3.05, 3.63) is 35.9 Å². The summed E-state index contributed by atoms with van der Waals surface area (Å²) in [7, 11) is 0. The van der Waals surface area contributed by atoms with E-state index < -0.39 is 6.10 Å². The zero-order valence-corrected chi connectivity index (χ0v) is 12.0. The molecule has 1 aliphatic carbocycles. The van der Waals surface area contributed by atoms with Gasteiger partial charge in [0.15, 0.2) is 0 Å². The first-order chi connectivity index (χ1) is 9.63. The summed E-state index contributed by atoms with van der Waals surface area (Å²) in [5.41, 5.74) is 1.37. The number of aliphatic hydroxyl groups excluding tert-OH is 1. The average molecular weight is 276 g/mol. The standard InChI is InChI=1S/C16H24N2O2/c1-12(19)11-17-16(20)18-15-8-7-14(10-15)9-13-5-3-2-4-6-13/h2-6,12,14-15,19H,7-11H2,1H3,(H2,17,18,20)/t12-,14+,15-/m1/s1. The molecule has 0 heterocycles. The van der Waals surface area contributed by atoms with Crippen molar-refractivity contribution in [2.45, 2.75) is 44.8 Å². The minimum Gasteiger partial charge on any atom is -0.392 e. The molecule has 1 saturated carbocycles. The van der Waals surface area contributed by atoms with E-state index >= 15 is 0 Å². The maximum absolute atomic E-state index is 11.6. The molecule has 0 unspecified atom stereocenters. The molecule has 1 aliphatic rings. The highest BCUT2D eigenvalue weighted by atomic mass is 16.3. The van der Waals surface area contributed by atoms with Crippen LogP contribution in [-0.2, 0) is 6.42 Å². The Kier molecular flexibility index (Phi) is 5.41. The van der Waals surface area contributed by atoms with E-state index in [1.54, 1.807) is 6.92 Å². The van der Waals surface area contributed by atoms with Gasteiger partial charge in [0.25, 0.3) is 0 Å². The van der Waals surface area contributed by atoms with Gasteiger partial charge in [0.1, 0.15) is 0 Å². The first-order valence-electron chi connectivity index (χ1n) is 7.40. The highest BCUT2D eigenvalue weighted by Gasteiger charge is 2.25. The lowest BCUT2D eigenvalue weighted by atomic mass is 9.98. The van der Waals surface area contributed by atoms with Crippen LogP contribution >= 0.6 is 0 Å². The molecular weight excluding hydrogens is 252 g/mol. The van der Waals surface area contributed by atoms with Crippen molar-refractivity contribution in [3.63, 3.8) is 0 Å². The molecule has 20 heavy (non-hydrogen) atoms. The maximum atomic E-state index is 11.6. The van der Waals surface area contributed by atoms with Crippen molar-refractivity contribution in [2.24, 2.45) is 5.92 Å². The monoisotopic (exact) mass is 276 g/mol. The van der Waals surface area contributed by atoms with Crippen LogP contribution in [0.25, 0.3) is 0 Å². The van der Waals surface area contributed by atoms with Crippen LogP contribution in [0, 0.1) is 5.92 Å². The van der Waals surface area contributed by atoms with E-state index in [2.05, 4.69) is 34.9 Å². The van der Waals surface area contributed by atoms with Gasteiger partial charge in [-0.2, -0.15) is 0 Å². The van der Waals surface area contributed by atoms with Gasteiger partial charge in [-0.3, -0.25) is 0 Å². The molecule has 0 radical (unpaired) electrons. The summed E-state index contributed by atoms with van der Waals surface area (Å²) in [6.45, 7) is 1.96. The second kappa shape index (κ2) is 7.29. The Bertz CT molecular complexity index is 420. The second-order valence-electron chi connectivity index (χ2n) is 5.77. The van der Waals surface area contributed by atoms with Crippen molar-refractivity contribution in [2.75, 3.05) is 6.54 Å². The fourth-order valence-electron chi connectivity index (χ4n) is 2.82. The summed E-state index contributed by atoms with van der Waals surface area (Å²) < 4.78 is 0. The predicted molar refractivity (Wildman–Crippen MR) is 79.5 cm³/mol. The minimum absolute atomic E-state index is 0.170. The Labute approximate surface area is 120 Å². The third-order valence-corrected chi connectivity index (χ3v) is 3.80. The molecule has 1 fully saturated rings. The first kappa shape index (κ1) is 14.9. The van der Waals surface area contributed by atoms with E-state index in [4.69, 9.17) is 5.11 Å². The highest BCUT2D eigenvalue weighted by molar-refractivity contribution is 5.74. The lowest BCUT2D eigenvalue weighted by Crippen LogP contribution is -2.43. The van der Waals surface area contributed by atoms with Crippen molar-refractivity contribution < 1.29 is 9.90 Å². The normalized spacial score (nSPS) is 23.3. The molecule has 3 atom stereocenters. The number of hydrogen-bond acceptors (Lipinski definition) is 2. The Morgan fingerprint density at radius 3 is 2.80 bits per heavy atom. The van der Waals surface area contributed by atoms with Gasteiger partial charge in [-0.1, -0.05) is 30.3 Å². The van der Waals surface area contributed by atoms with Crippen LogP contribution in [-0.4, -0.2) is 29.8 Å². The molecule has 2 amide bonds. The summed E-state index contributed by atoms with van der Waals surface area (Å²) in [6.07, 6.45) is 3.83. The molecule has 0 spiro atoms. The fourth-order valence-corrected chi connectivity index (χ4v) is 2.82. The van der Waals surface area contributed by atoms with Gasteiger partial charge in [-0.15, -0.1) is 0 Å². The van der Waals surface area contributed by atoms with Crippen LogP contribution in [0.3, 0.4) is 0 Å². The van der Waals surface area contributed by atoms with Crippen LogP contribution in [0.4, 0.5) is 4.79 Å². The van der Waals surface area contributed by atoms with Crippen LogP contribution in [0.5, 0.6) is 0 Å². The van der Waals surface area contributed by atoms with Crippen molar-refractivity contribution in [3.8, 4) is 0 Å². The molecule has 4 nitrogen and oxygen atoms in total. The minimum atomic E-state index is -0.504. The molecule has 4 heteroatoms. The van der Waals surface area contributed by atoms with Crippen LogP contribution < -0.4 is 10.6 Å². The van der Waals surface area contributed by atoms with Crippen molar-refractivity contribution in [1.29, 1.82) is 0 Å². The Hall–Kier alpha value is -1.55. The van der Waals surface area contributed by atoms with Gasteiger partial charge in [0.2, 0.25) is 0 Å². The largest absolute Gasteiger partial charge is 0.392 e. The van der Waals surface area contributed by atoms with E-state index in [0.29, 0.717) is 12.5 Å². The first-order valence-corrected chi connectivity index (χ1v) is 7.40. The highest BCUT2D eigenvalue weighted by Crippen LogP contribution is 2.28. The molecule has 3 N–H and O–H groups in total.